The molecule has 0 bridgehead atoms. The summed E-state index contributed by atoms with van der Waals surface area (Å²) in [5.41, 5.74) is 1.91. The van der Waals surface area contributed by atoms with Gasteiger partial charge in [0, 0.05) is 41.8 Å². The summed E-state index contributed by atoms with van der Waals surface area (Å²) in [5.74, 6) is 0.702. The van der Waals surface area contributed by atoms with E-state index in [2.05, 4.69) is 20.8 Å². The van der Waals surface area contributed by atoms with Gasteiger partial charge in [0.15, 0.2) is 5.78 Å². The molecule has 0 N–H and O–H groups in total. The van der Waals surface area contributed by atoms with Crippen LogP contribution in [0.1, 0.15) is 23.7 Å². The number of carbonyl (C=O) groups excluding carboxylic acids is 1. The predicted molar refractivity (Wildman–Crippen MR) is 76.3 cm³/mol. The third-order valence-corrected chi connectivity index (χ3v) is 4.04. The quantitative estimate of drug-likeness (QED) is 0.800. The largest absolute Gasteiger partial charge is 0.384 e. The Bertz CT molecular complexity index is 447. The van der Waals surface area contributed by atoms with E-state index < -0.39 is 0 Å². The van der Waals surface area contributed by atoms with Gasteiger partial charge >= 0.3 is 0 Å². The molecule has 3 nitrogen and oxygen atoms in total. The van der Waals surface area contributed by atoms with Gasteiger partial charge in [-0.05, 0) is 47.5 Å². The molecule has 0 spiro atoms. The molecule has 0 radical (unpaired) electrons. The highest BCUT2D eigenvalue weighted by molar-refractivity contribution is 9.10. The minimum Gasteiger partial charge on any atom is -0.384 e. The number of Topliss-reactive ketones (excluding diaryl/α,β-unsaturated/α-hetero) is 1. The van der Waals surface area contributed by atoms with Gasteiger partial charge in [0.25, 0.3) is 0 Å². The lowest BCUT2D eigenvalue weighted by Crippen LogP contribution is -2.21. The number of carbonyl (C=O) groups is 1. The molecule has 1 atom stereocenters. The number of rotatable bonds is 4. The monoisotopic (exact) mass is 311 g/mol. The summed E-state index contributed by atoms with van der Waals surface area (Å²) in [6.07, 6.45) is 1.17. The Morgan fingerprint density at radius 1 is 1.56 bits per heavy atom. The van der Waals surface area contributed by atoms with Gasteiger partial charge in [0.1, 0.15) is 0 Å². The first-order chi connectivity index (χ1) is 8.61. The number of halogens is 1. The molecule has 0 aliphatic carbocycles. The summed E-state index contributed by atoms with van der Waals surface area (Å²) in [7, 11) is 1.75. The zero-order valence-electron chi connectivity index (χ0n) is 10.8. The number of ketones is 1. The van der Waals surface area contributed by atoms with Gasteiger partial charge in [-0.25, -0.2) is 0 Å². The van der Waals surface area contributed by atoms with Crippen LogP contribution < -0.4 is 4.90 Å². The van der Waals surface area contributed by atoms with Crippen LogP contribution in [0.15, 0.2) is 22.7 Å². The van der Waals surface area contributed by atoms with Gasteiger partial charge < -0.3 is 9.64 Å². The van der Waals surface area contributed by atoms with Crippen molar-refractivity contribution < 1.29 is 9.53 Å². The zero-order valence-corrected chi connectivity index (χ0v) is 12.4. The van der Waals surface area contributed by atoms with Gasteiger partial charge in [0.2, 0.25) is 0 Å². The van der Waals surface area contributed by atoms with Crippen molar-refractivity contribution in [2.45, 2.75) is 13.3 Å². The summed E-state index contributed by atoms with van der Waals surface area (Å²) < 4.78 is 6.08. The maximum Gasteiger partial charge on any atom is 0.160 e. The van der Waals surface area contributed by atoms with E-state index in [-0.39, 0.29) is 5.78 Å². The Kier molecular flexibility index (Phi) is 4.40. The first-order valence-electron chi connectivity index (χ1n) is 6.16. The van der Waals surface area contributed by atoms with Crippen molar-refractivity contribution in [1.82, 2.24) is 0 Å². The molecule has 1 aromatic carbocycles. The van der Waals surface area contributed by atoms with Crippen LogP contribution in [0.25, 0.3) is 0 Å². The van der Waals surface area contributed by atoms with Gasteiger partial charge in [-0.15, -0.1) is 0 Å². The van der Waals surface area contributed by atoms with E-state index in [0.717, 1.165) is 29.7 Å². The molecule has 18 heavy (non-hydrogen) atoms. The van der Waals surface area contributed by atoms with E-state index in [1.165, 1.54) is 12.1 Å². The third kappa shape index (κ3) is 2.93. The Morgan fingerprint density at radius 2 is 2.33 bits per heavy atom. The number of nitrogens with zero attached hydrogens (tertiary/aromatic N) is 1. The molecule has 1 heterocycles. The maximum atomic E-state index is 11.4. The van der Waals surface area contributed by atoms with Gasteiger partial charge in [-0.2, -0.15) is 0 Å². The molecule has 1 unspecified atom stereocenters. The first-order valence-corrected chi connectivity index (χ1v) is 6.95. The van der Waals surface area contributed by atoms with Crippen molar-refractivity contribution in [3.05, 3.63) is 28.2 Å². The van der Waals surface area contributed by atoms with E-state index in [0.29, 0.717) is 5.92 Å². The second-order valence-corrected chi connectivity index (χ2v) is 5.63. The Hall–Kier alpha value is -0.870. The lowest BCUT2D eigenvalue weighted by Gasteiger charge is -2.19. The van der Waals surface area contributed by atoms with Crippen LogP contribution in [0.3, 0.4) is 0 Å². The highest BCUT2D eigenvalue weighted by Crippen LogP contribution is 2.28. The Balaban J connectivity index is 2.11. The van der Waals surface area contributed by atoms with Crippen molar-refractivity contribution in [2.75, 3.05) is 31.7 Å². The molecule has 0 saturated carbocycles. The van der Waals surface area contributed by atoms with Gasteiger partial charge in [0.05, 0.1) is 6.61 Å². The first kappa shape index (κ1) is 13.6. The van der Waals surface area contributed by atoms with E-state index in [4.69, 9.17) is 4.74 Å². The Morgan fingerprint density at radius 3 is 2.94 bits per heavy atom. The van der Waals surface area contributed by atoms with Crippen LogP contribution >= 0.6 is 15.9 Å². The molecule has 98 valence electrons. The lowest BCUT2D eigenvalue weighted by molar-refractivity contribution is 0.101. The van der Waals surface area contributed by atoms with Crippen LogP contribution in [0.2, 0.25) is 0 Å². The number of hydrogen-bond acceptors (Lipinski definition) is 3. The highest BCUT2D eigenvalue weighted by Gasteiger charge is 2.23. The second kappa shape index (κ2) is 5.85. The molecule has 1 saturated heterocycles. The number of ether oxygens (including phenoxy) is 1. The van der Waals surface area contributed by atoms with Crippen LogP contribution in [0, 0.1) is 5.92 Å². The summed E-state index contributed by atoms with van der Waals surface area (Å²) in [6, 6.07) is 5.95. The SMILES string of the molecule is COCC1CCN(c2ccc(C(C)=O)c(Br)c2)C1. The summed E-state index contributed by atoms with van der Waals surface area (Å²) in [4.78, 5) is 13.7. The van der Waals surface area contributed by atoms with Crippen molar-refractivity contribution in [2.24, 2.45) is 5.92 Å². The Labute approximate surface area is 116 Å². The second-order valence-electron chi connectivity index (χ2n) is 4.78. The van der Waals surface area contributed by atoms with Crippen molar-refractivity contribution >= 4 is 27.4 Å². The fourth-order valence-electron chi connectivity index (χ4n) is 2.43. The fraction of sp³-hybridized carbons (Fsp3) is 0.500. The molecular weight excluding hydrogens is 294 g/mol. The van der Waals surface area contributed by atoms with E-state index in [9.17, 15) is 4.79 Å². The molecule has 0 amide bonds. The number of anilines is 1. The molecule has 1 aliphatic rings. The number of methoxy groups -OCH3 is 1. The minimum absolute atomic E-state index is 0.0899. The molecule has 2 rings (SSSR count). The number of benzene rings is 1. The van der Waals surface area contributed by atoms with Crippen LogP contribution in [0.5, 0.6) is 0 Å². The van der Waals surface area contributed by atoms with Crippen molar-refractivity contribution in [3.8, 4) is 0 Å². The van der Waals surface area contributed by atoms with Crippen LogP contribution in [-0.4, -0.2) is 32.6 Å². The molecule has 1 aromatic rings. The summed E-state index contributed by atoms with van der Waals surface area (Å²) in [5, 5.41) is 0. The highest BCUT2D eigenvalue weighted by atomic mass is 79.9. The molecule has 1 aliphatic heterocycles. The molecule has 4 heteroatoms. The zero-order chi connectivity index (χ0) is 13.1. The average molecular weight is 312 g/mol. The van der Waals surface area contributed by atoms with Crippen LogP contribution in [-0.2, 0) is 4.74 Å². The topological polar surface area (TPSA) is 29.5 Å². The minimum atomic E-state index is 0.0899. The average Bonchev–Trinajstić information content (AvgIpc) is 2.77. The van der Waals surface area contributed by atoms with Gasteiger partial charge in [-0.3, -0.25) is 4.79 Å². The smallest absolute Gasteiger partial charge is 0.160 e. The van der Waals surface area contributed by atoms with Crippen molar-refractivity contribution in [1.29, 1.82) is 0 Å². The molecular formula is C14H18BrNO2. The fourth-order valence-corrected chi connectivity index (χ4v) is 3.07. The maximum absolute atomic E-state index is 11.4. The molecule has 1 fully saturated rings. The van der Waals surface area contributed by atoms with E-state index in [1.807, 2.05) is 18.2 Å². The van der Waals surface area contributed by atoms with Gasteiger partial charge in [-0.1, -0.05) is 0 Å². The summed E-state index contributed by atoms with van der Waals surface area (Å²) >= 11 is 3.47. The van der Waals surface area contributed by atoms with Crippen LogP contribution in [0.4, 0.5) is 5.69 Å². The lowest BCUT2D eigenvalue weighted by atomic mass is 10.1. The normalized spacial score (nSPS) is 19.3. The molecule has 0 aromatic heterocycles. The third-order valence-electron chi connectivity index (χ3n) is 3.39. The number of hydrogen-bond donors (Lipinski definition) is 0. The van der Waals surface area contributed by atoms with Crippen molar-refractivity contribution in [3.63, 3.8) is 0 Å². The van der Waals surface area contributed by atoms with E-state index >= 15 is 0 Å². The predicted octanol–water partition coefficient (Wildman–Crippen LogP) is 3.12. The van der Waals surface area contributed by atoms with E-state index in [1.54, 1.807) is 14.0 Å². The summed E-state index contributed by atoms with van der Waals surface area (Å²) in [6.45, 7) is 4.49. The standard InChI is InChI=1S/C14H18BrNO2/c1-10(17)13-4-3-12(7-14(13)15)16-6-5-11(8-16)9-18-2/h3-4,7,11H,5-6,8-9H2,1-2H3.